The SMILES string of the molecule is CC\C=C/C(=C\C(F)=C(/C)C(N)=O)C(=N)/C(C)=C(\C)NC. The van der Waals surface area contributed by atoms with Gasteiger partial charge in [0.25, 0.3) is 0 Å². The van der Waals surface area contributed by atoms with E-state index in [1.54, 1.807) is 20.0 Å². The maximum atomic E-state index is 14.0. The summed E-state index contributed by atoms with van der Waals surface area (Å²) in [6.07, 6.45) is 5.43. The van der Waals surface area contributed by atoms with Crippen LogP contribution in [0.2, 0.25) is 0 Å². The number of hydrogen-bond donors (Lipinski definition) is 3. The molecule has 116 valence electrons. The smallest absolute Gasteiger partial charge is 0.247 e. The van der Waals surface area contributed by atoms with Crippen molar-refractivity contribution in [2.45, 2.75) is 34.1 Å². The molecule has 5 heteroatoms. The van der Waals surface area contributed by atoms with Gasteiger partial charge in [0.15, 0.2) is 0 Å². The molecule has 0 saturated carbocycles. The molecule has 0 atom stereocenters. The first-order valence-electron chi connectivity index (χ1n) is 6.75. The van der Waals surface area contributed by atoms with Crippen LogP contribution >= 0.6 is 0 Å². The van der Waals surface area contributed by atoms with Gasteiger partial charge in [-0.1, -0.05) is 19.1 Å². The lowest BCUT2D eigenvalue weighted by atomic mass is 10.00. The zero-order chi connectivity index (χ0) is 16.6. The Morgan fingerprint density at radius 2 is 1.86 bits per heavy atom. The summed E-state index contributed by atoms with van der Waals surface area (Å²) in [7, 11) is 1.76. The van der Waals surface area contributed by atoms with Gasteiger partial charge < -0.3 is 11.1 Å². The third-order valence-corrected chi connectivity index (χ3v) is 3.14. The topological polar surface area (TPSA) is 79.0 Å². The summed E-state index contributed by atoms with van der Waals surface area (Å²) >= 11 is 0. The van der Waals surface area contributed by atoms with Gasteiger partial charge in [0.1, 0.15) is 5.83 Å². The molecule has 0 bridgehead atoms. The summed E-state index contributed by atoms with van der Waals surface area (Å²) in [5, 5.41) is 11.1. The number of rotatable bonds is 7. The first kappa shape index (κ1) is 18.8. The Balaban J connectivity index is 5.83. The van der Waals surface area contributed by atoms with Crippen LogP contribution in [-0.4, -0.2) is 18.7 Å². The number of carbonyl (C=O) groups is 1. The molecule has 1 amide bonds. The zero-order valence-corrected chi connectivity index (χ0v) is 13.3. The highest BCUT2D eigenvalue weighted by Gasteiger charge is 2.11. The van der Waals surface area contributed by atoms with E-state index in [2.05, 4.69) is 5.32 Å². The minimum absolute atomic E-state index is 0.155. The van der Waals surface area contributed by atoms with Crippen molar-refractivity contribution in [3.8, 4) is 0 Å². The van der Waals surface area contributed by atoms with Crippen LogP contribution in [0, 0.1) is 5.41 Å². The predicted molar refractivity (Wildman–Crippen MR) is 85.7 cm³/mol. The van der Waals surface area contributed by atoms with Crippen molar-refractivity contribution >= 4 is 11.6 Å². The molecule has 4 nitrogen and oxygen atoms in total. The summed E-state index contributed by atoms with van der Waals surface area (Å²) < 4.78 is 14.0. The Labute approximate surface area is 125 Å². The molecule has 0 aromatic carbocycles. The van der Waals surface area contributed by atoms with Crippen molar-refractivity contribution in [3.63, 3.8) is 0 Å². The fourth-order valence-electron chi connectivity index (χ4n) is 1.40. The van der Waals surface area contributed by atoms with Gasteiger partial charge >= 0.3 is 0 Å². The molecular formula is C16H24FN3O. The van der Waals surface area contributed by atoms with Crippen molar-refractivity contribution in [1.29, 1.82) is 5.41 Å². The van der Waals surface area contributed by atoms with Gasteiger partial charge in [-0.2, -0.15) is 0 Å². The van der Waals surface area contributed by atoms with E-state index in [1.807, 2.05) is 19.9 Å². The lowest BCUT2D eigenvalue weighted by molar-refractivity contribution is -0.114. The third kappa shape index (κ3) is 5.77. The van der Waals surface area contributed by atoms with Crippen LogP contribution in [0.4, 0.5) is 4.39 Å². The monoisotopic (exact) mass is 293 g/mol. The average Bonchev–Trinajstić information content (AvgIpc) is 2.47. The van der Waals surface area contributed by atoms with Crippen LogP contribution in [0.5, 0.6) is 0 Å². The third-order valence-electron chi connectivity index (χ3n) is 3.14. The number of nitrogens with two attached hydrogens (primary N) is 1. The second-order valence-electron chi connectivity index (χ2n) is 4.62. The van der Waals surface area contributed by atoms with Gasteiger partial charge in [0.2, 0.25) is 5.91 Å². The number of halogens is 1. The van der Waals surface area contributed by atoms with E-state index < -0.39 is 11.7 Å². The summed E-state index contributed by atoms with van der Waals surface area (Å²) in [5.74, 6) is -1.54. The number of amides is 1. The van der Waals surface area contributed by atoms with Gasteiger partial charge in [-0.25, -0.2) is 4.39 Å². The number of allylic oxidation sites excluding steroid dienone is 7. The molecule has 0 heterocycles. The number of nitrogens with one attached hydrogen (secondary N) is 2. The average molecular weight is 293 g/mol. The Morgan fingerprint density at radius 3 is 2.29 bits per heavy atom. The van der Waals surface area contributed by atoms with E-state index in [-0.39, 0.29) is 11.3 Å². The molecule has 0 aliphatic rings. The number of hydrogen-bond acceptors (Lipinski definition) is 3. The quantitative estimate of drug-likeness (QED) is 0.383. The van der Waals surface area contributed by atoms with E-state index >= 15 is 0 Å². The van der Waals surface area contributed by atoms with E-state index in [0.717, 1.165) is 12.1 Å². The van der Waals surface area contributed by atoms with Crippen LogP contribution in [0.15, 0.2) is 46.5 Å². The van der Waals surface area contributed by atoms with Crippen molar-refractivity contribution in [1.82, 2.24) is 5.32 Å². The van der Waals surface area contributed by atoms with Crippen molar-refractivity contribution < 1.29 is 9.18 Å². The number of carbonyl (C=O) groups excluding carboxylic acids is 1. The van der Waals surface area contributed by atoms with E-state index in [4.69, 9.17) is 11.1 Å². The molecule has 0 rings (SSSR count). The van der Waals surface area contributed by atoms with Crippen LogP contribution in [-0.2, 0) is 4.79 Å². The molecule has 0 fully saturated rings. The minimum Gasteiger partial charge on any atom is -0.391 e. The molecule has 0 spiro atoms. The largest absolute Gasteiger partial charge is 0.391 e. The molecule has 4 N–H and O–H groups in total. The first-order chi connectivity index (χ1) is 9.76. The summed E-state index contributed by atoms with van der Waals surface area (Å²) in [6.45, 7) is 6.89. The Morgan fingerprint density at radius 1 is 1.29 bits per heavy atom. The first-order valence-corrected chi connectivity index (χ1v) is 6.75. The summed E-state index contributed by atoms with van der Waals surface area (Å²) in [6, 6.07) is 0. The Hall–Kier alpha value is -2.17. The number of primary amides is 1. The molecule has 0 aliphatic heterocycles. The highest BCUT2D eigenvalue weighted by molar-refractivity contribution is 6.12. The van der Waals surface area contributed by atoms with E-state index in [0.29, 0.717) is 11.1 Å². The molecule has 21 heavy (non-hydrogen) atoms. The maximum Gasteiger partial charge on any atom is 0.247 e. The van der Waals surface area contributed by atoms with Crippen LogP contribution in [0.1, 0.15) is 34.1 Å². The molecule has 0 aliphatic carbocycles. The lowest BCUT2D eigenvalue weighted by Gasteiger charge is -2.10. The van der Waals surface area contributed by atoms with Gasteiger partial charge in [-0.3, -0.25) is 10.2 Å². The molecule has 0 unspecified atom stereocenters. The van der Waals surface area contributed by atoms with Crippen LogP contribution in [0.25, 0.3) is 0 Å². The molecular weight excluding hydrogens is 269 g/mol. The standard InChI is InChI=1S/C16H24FN3O/c1-6-7-8-13(9-14(17)11(3)16(19)21)15(18)10(2)12(4)20-5/h7-9,18,20H,6H2,1-5H3,(H2,19,21)/b8-7-,12-10+,13-9+,14-11-,18-15?. The fourth-order valence-corrected chi connectivity index (χ4v) is 1.40. The predicted octanol–water partition coefficient (Wildman–Crippen LogP) is 3.14. The van der Waals surface area contributed by atoms with Crippen molar-refractivity contribution in [3.05, 3.63) is 46.5 Å². The van der Waals surface area contributed by atoms with Gasteiger partial charge in [0, 0.05) is 23.9 Å². The van der Waals surface area contributed by atoms with Gasteiger partial charge in [0.05, 0.1) is 5.71 Å². The lowest BCUT2D eigenvalue weighted by Crippen LogP contribution is -2.13. The van der Waals surface area contributed by atoms with Gasteiger partial charge in [-0.05, 0) is 38.8 Å². The summed E-state index contributed by atoms with van der Waals surface area (Å²) in [5.41, 5.74) is 7.02. The van der Waals surface area contributed by atoms with Gasteiger partial charge in [-0.15, -0.1) is 0 Å². The normalized spacial score (nSPS) is 14.7. The second-order valence-corrected chi connectivity index (χ2v) is 4.62. The molecule has 0 aromatic heterocycles. The zero-order valence-electron chi connectivity index (χ0n) is 13.3. The van der Waals surface area contributed by atoms with E-state index in [9.17, 15) is 9.18 Å². The fraction of sp³-hybridized carbons (Fsp3) is 0.375. The van der Waals surface area contributed by atoms with Crippen LogP contribution in [0.3, 0.4) is 0 Å². The van der Waals surface area contributed by atoms with Crippen molar-refractivity contribution in [2.24, 2.45) is 5.73 Å². The Bertz CT molecular complexity index is 540. The summed E-state index contributed by atoms with van der Waals surface area (Å²) in [4.78, 5) is 11.0. The highest BCUT2D eigenvalue weighted by atomic mass is 19.1. The minimum atomic E-state index is -0.812. The van der Waals surface area contributed by atoms with Crippen molar-refractivity contribution in [2.75, 3.05) is 7.05 Å². The Kier molecular flexibility index (Phi) is 7.97. The maximum absolute atomic E-state index is 14.0. The van der Waals surface area contributed by atoms with E-state index in [1.165, 1.54) is 13.0 Å². The molecule has 0 saturated heterocycles. The molecule has 0 radical (unpaired) electrons. The molecule has 0 aromatic rings. The highest BCUT2D eigenvalue weighted by Crippen LogP contribution is 2.16. The van der Waals surface area contributed by atoms with Crippen LogP contribution < -0.4 is 11.1 Å². The second kappa shape index (κ2) is 8.89.